The molecule has 1 rings (SSSR count). The van der Waals surface area contributed by atoms with Crippen molar-refractivity contribution in [3.05, 3.63) is 0 Å². The van der Waals surface area contributed by atoms with Gasteiger partial charge < -0.3 is 20.5 Å². The summed E-state index contributed by atoms with van der Waals surface area (Å²) in [4.78, 5) is 22.6. The Hall–Kier alpha value is -1.51. The molecule has 2 amide bonds. The lowest BCUT2D eigenvalue weighted by Gasteiger charge is -2.26. The number of aliphatic carboxylic acids is 1. The second kappa shape index (κ2) is 6.29. The van der Waals surface area contributed by atoms with Gasteiger partial charge in [-0.1, -0.05) is 0 Å². The van der Waals surface area contributed by atoms with E-state index in [9.17, 15) is 22.8 Å². The third-order valence-corrected chi connectivity index (χ3v) is 3.01. The number of ether oxygens (including phenoxy) is 1. The Morgan fingerprint density at radius 2 is 1.95 bits per heavy atom. The van der Waals surface area contributed by atoms with E-state index in [1.165, 1.54) is 6.92 Å². The van der Waals surface area contributed by atoms with E-state index in [4.69, 9.17) is 5.11 Å². The maximum absolute atomic E-state index is 11.8. The van der Waals surface area contributed by atoms with Crippen molar-refractivity contribution < 1.29 is 32.6 Å². The monoisotopic (exact) mass is 298 g/mol. The highest BCUT2D eigenvalue weighted by Gasteiger charge is 2.48. The molecule has 0 heterocycles. The lowest BCUT2D eigenvalue weighted by atomic mass is 9.96. The highest BCUT2D eigenvalue weighted by molar-refractivity contribution is 5.86. The average molecular weight is 298 g/mol. The molecule has 1 aliphatic carbocycles. The van der Waals surface area contributed by atoms with Crippen LogP contribution in [0.5, 0.6) is 0 Å². The maximum atomic E-state index is 11.8. The molecule has 3 N–H and O–H groups in total. The van der Waals surface area contributed by atoms with Gasteiger partial charge in [0.05, 0.1) is 6.61 Å². The van der Waals surface area contributed by atoms with Crippen LogP contribution in [-0.4, -0.2) is 48.6 Å². The molecule has 1 atom stereocenters. The molecule has 0 aliphatic heterocycles. The Kier molecular flexibility index (Phi) is 5.21. The van der Waals surface area contributed by atoms with E-state index < -0.39 is 30.3 Å². The third-order valence-electron chi connectivity index (χ3n) is 3.01. The number of amides is 2. The molecular formula is C11H17F3N2O4. The van der Waals surface area contributed by atoms with Crippen LogP contribution in [0.3, 0.4) is 0 Å². The zero-order valence-corrected chi connectivity index (χ0v) is 10.9. The van der Waals surface area contributed by atoms with Crippen molar-refractivity contribution >= 4 is 12.0 Å². The van der Waals surface area contributed by atoms with E-state index in [0.29, 0.717) is 0 Å². The van der Waals surface area contributed by atoms with Crippen LogP contribution in [0.2, 0.25) is 0 Å². The molecule has 0 saturated heterocycles. The van der Waals surface area contributed by atoms with Crippen molar-refractivity contribution in [2.24, 2.45) is 5.92 Å². The first-order chi connectivity index (χ1) is 9.15. The van der Waals surface area contributed by atoms with E-state index in [-0.39, 0.29) is 19.1 Å². The molecule has 1 aliphatic rings. The summed E-state index contributed by atoms with van der Waals surface area (Å²) in [5.41, 5.74) is -1.35. The summed E-state index contributed by atoms with van der Waals surface area (Å²) in [6, 6.07) is -0.739. The van der Waals surface area contributed by atoms with Gasteiger partial charge in [0.1, 0.15) is 12.1 Å². The number of hydrogen-bond acceptors (Lipinski definition) is 3. The number of halogens is 3. The number of nitrogens with one attached hydrogen (secondary N) is 2. The summed E-state index contributed by atoms with van der Waals surface area (Å²) in [6.07, 6.45) is -2.97. The fourth-order valence-electron chi connectivity index (χ4n) is 1.70. The number of carboxylic acid groups (broad SMARTS) is 1. The van der Waals surface area contributed by atoms with Crippen LogP contribution in [0.15, 0.2) is 0 Å². The fraction of sp³-hybridized carbons (Fsp3) is 0.818. The van der Waals surface area contributed by atoms with E-state index in [1.807, 2.05) is 0 Å². The summed E-state index contributed by atoms with van der Waals surface area (Å²) in [5, 5.41) is 13.7. The topological polar surface area (TPSA) is 87.7 Å². The van der Waals surface area contributed by atoms with Crippen molar-refractivity contribution in [2.75, 3.05) is 19.8 Å². The molecule has 20 heavy (non-hydrogen) atoms. The largest absolute Gasteiger partial charge is 0.480 e. The average Bonchev–Trinajstić information content (AvgIpc) is 3.10. The van der Waals surface area contributed by atoms with E-state index in [0.717, 1.165) is 12.8 Å². The summed E-state index contributed by atoms with van der Waals surface area (Å²) >= 11 is 0. The Labute approximate surface area is 113 Å². The number of carbonyl (C=O) groups excluding carboxylic acids is 1. The minimum Gasteiger partial charge on any atom is -0.480 e. The molecule has 6 nitrogen and oxygen atoms in total. The Bertz CT molecular complexity index is 371. The van der Waals surface area contributed by atoms with Gasteiger partial charge in [0.25, 0.3) is 0 Å². The van der Waals surface area contributed by atoms with Gasteiger partial charge in [0.2, 0.25) is 0 Å². The van der Waals surface area contributed by atoms with Gasteiger partial charge in [-0.05, 0) is 25.7 Å². The first kappa shape index (κ1) is 16.5. The van der Waals surface area contributed by atoms with Crippen molar-refractivity contribution in [3.8, 4) is 0 Å². The predicted molar refractivity (Wildman–Crippen MR) is 62.2 cm³/mol. The van der Waals surface area contributed by atoms with Gasteiger partial charge in [-0.25, -0.2) is 9.59 Å². The Morgan fingerprint density at radius 3 is 2.40 bits per heavy atom. The molecule has 9 heteroatoms. The molecule has 0 bridgehead atoms. The first-order valence-corrected chi connectivity index (χ1v) is 6.09. The maximum Gasteiger partial charge on any atom is 0.411 e. The quantitative estimate of drug-likeness (QED) is 0.615. The van der Waals surface area contributed by atoms with Gasteiger partial charge in [-0.15, -0.1) is 0 Å². The fourth-order valence-corrected chi connectivity index (χ4v) is 1.70. The number of rotatable bonds is 7. The molecule has 1 saturated carbocycles. The van der Waals surface area contributed by atoms with E-state index in [1.54, 1.807) is 0 Å². The zero-order chi connectivity index (χ0) is 15.4. The molecule has 116 valence electrons. The van der Waals surface area contributed by atoms with Gasteiger partial charge in [0, 0.05) is 6.54 Å². The highest BCUT2D eigenvalue weighted by Crippen LogP contribution is 2.39. The molecule has 0 aromatic heterocycles. The predicted octanol–water partition coefficient (Wildman–Crippen LogP) is 1.12. The minimum absolute atomic E-state index is 0.118. The van der Waals surface area contributed by atoms with E-state index >= 15 is 0 Å². The lowest BCUT2D eigenvalue weighted by Crippen LogP contribution is -2.57. The summed E-state index contributed by atoms with van der Waals surface area (Å²) in [7, 11) is 0. The number of urea groups is 1. The third kappa shape index (κ3) is 5.24. The van der Waals surface area contributed by atoms with Crippen LogP contribution in [-0.2, 0) is 9.53 Å². The Balaban J connectivity index is 2.24. The molecule has 1 fully saturated rings. The van der Waals surface area contributed by atoms with Crippen LogP contribution in [0, 0.1) is 5.92 Å². The highest BCUT2D eigenvalue weighted by atomic mass is 19.4. The molecule has 1 unspecified atom stereocenters. The second-order valence-electron chi connectivity index (χ2n) is 4.83. The zero-order valence-electron chi connectivity index (χ0n) is 10.9. The number of carbonyl (C=O) groups is 2. The van der Waals surface area contributed by atoms with Crippen LogP contribution < -0.4 is 10.6 Å². The molecule has 0 spiro atoms. The number of hydrogen-bond donors (Lipinski definition) is 3. The van der Waals surface area contributed by atoms with Crippen LogP contribution in [0.1, 0.15) is 19.8 Å². The summed E-state index contributed by atoms with van der Waals surface area (Å²) < 4.78 is 39.6. The summed E-state index contributed by atoms with van der Waals surface area (Å²) in [5.74, 6) is -1.25. The van der Waals surface area contributed by atoms with Crippen molar-refractivity contribution in [3.63, 3.8) is 0 Å². The Morgan fingerprint density at radius 1 is 1.35 bits per heavy atom. The standard InChI is InChI=1S/C11H17F3N2O4/c1-10(8(17)18,7-2-3-7)16-9(19)15-4-5-20-6-11(12,13)14/h7H,2-6H2,1H3,(H,17,18)(H2,15,16,19). The van der Waals surface area contributed by atoms with Crippen molar-refractivity contribution in [2.45, 2.75) is 31.5 Å². The lowest BCUT2D eigenvalue weighted by molar-refractivity contribution is -0.173. The first-order valence-electron chi connectivity index (χ1n) is 6.09. The van der Waals surface area contributed by atoms with Crippen LogP contribution >= 0.6 is 0 Å². The number of carboxylic acids is 1. The van der Waals surface area contributed by atoms with Crippen molar-refractivity contribution in [1.29, 1.82) is 0 Å². The number of alkyl halides is 3. The molecule has 0 aromatic rings. The normalized spacial score (nSPS) is 18.2. The van der Waals surface area contributed by atoms with Gasteiger partial charge in [0.15, 0.2) is 0 Å². The van der Waals surface area contributed by atoms with Crippen molar-refractivity contribution in [1.82, 2.24) is 10.6 Å². The summed E-state index contributed by atoms with van der Waals surface area (Å²) in [6.45, 7) is -0.416. The van der Waals surface area contributed by atoms with E-state index in [2.05, 4.69) is 15.4 Å². The van der Waals surface area contributed by atoms with Gasteiger partial charge in [-0.3, -0.25) is 0 Å². The SMILES string of the molecule is CC(NC(=O)NCCOCC(F)(F)F)(C(=O)O)C1CC1. The molecular weight excluding hydrogens is 281 g/mol. The smallest absolute Gasteiger partial charge is 0.411 e. The van der Waals surface area contributed by atoms with Gasteiger partial charge in [-0.2, -0.15) is 13.2 Å². The second-order valence-corrected chi connectivity index (χ2v) is 4.83. The van der Waals surface area contributed by atoms with Gasteiger partial charge >= 0.3 is 18.2 Å². The minimum atomic E-state index is -4.41. The van der Waals surface area contributed by atoms with Crippen LogP contribution in [0.25, 0.3) is 0 Å². The molecule has 0 aromatic carbocycles. The molecule has 0 radical (unpaired) electrons. The van der Waals surface area contributed by atoms with Crippen LogP contribution in [0.4, 0.5) is 18.0 Å².